The van der Waals surface area contributed by atoms with Gasteiger partial charge in [0.2, 0.25) is 0 Å². The Morgan fingerprint density at radius 1 is 1.48 bits per heavy atom. The van der Waals surface area contributed by atoms with Gasteiger partial charge in [-0.25, -0.2) is 4.79 Å². The first-order valence-electron chi connectivity index (χ1n) is 7.74. The van der Waals surface area contributed by atoms with Gasteiger partial charge in [-0.15, -0.1) is 16.5 Å². The van der Waals surface area contributed by atoms with E-state index in [1.807, 2.05) is 12.2 Å². The maximum atomic E-state index is 12.0. The van der Waals surface area contributed by atoms with Gasteiger partial charge in [-0.2, -0.15) is 5.01 Å². The van der Waals surface area contributed by atoms with Crippen molar-refractivity contribution in [1.82, 2.24) is 10.3 Å². The van der Waals surface area contributed by atoms with E-state index in [9.17, 15) is 30.1 Å². The van der Waals surface area contributed by atoms with Crippen LogP contribution in [0.5, 0.6) is 0 Å². The average Bonchev–Trinajstić information content (AvgIpc) is 2.60. The number of aliphatic hydroxyl groups is 4. The minimum Gasteiger partial charge on any atom is -0.394 e. The summed E-state index contributed by atoms with van der Waals surface area (Å²) in [6.07, 6.45) is -6.42. The largest absolute Gasteiger partial charge is 0.394 e. The lowest BCUT2D eigenvalue weighted by Gasteiger charge is -2.48. The van der Waals surface area contributed by atoms with Crippen LogP contribution >= 0.6 is 11.6 Å². The highest BCUT2D eigenvalue weighted by Gasteiger charge is 2.57. The highest BCUT2D eigenvalue weighted by Crippen LogP contribution is 2.30. The molecule has 1 fully saturated rings. The summed E-state index contributed by atoms with van der Waals surface area (Å²) < 4.78 is 10.7. The molecule has 11 nitrogen and oxygen atoms in total. The van der Waals surface area contributed by atoms with Gasteiger partial charge in [0.1, 0.15) is 12.2 Å². The molecular formula is C13H24ClN3O8. The molecule has 0 radical (unpaired) electrons. The predicted octanol–water partition coefficient (Wildman–Crippen LogP) is -1.14. The van der Waals surface area contributed by atoms with E-state index in [4.69, 9.17) is 21.1 Å². The van der Waals surface area contributed by atoms with Crippen LogP contribution in [0.25, 0.3) is 0 Å². The Bertz CT molecular complexity index is 459. The van der Waals surface area contributed by atoms with Crippen LogP contribution in [0, 0.1) is 4.91 Å². The van der Waals surface area contributed by atoms with E-state index in [0.717, 1.165) is 0 Å². The molecule has 5 N–H and O–H groups in total. The minimum absolute atomic E-state index is 0.106. The molecule has 6 atom stereocenters. The summed E-state index contributed by atoms with van der Waals surface area (Å²) in [4.78, 5) is 22.7. The number of carbonyl (C=O) groups excluding carboxylic acids is 1. The van der Waals surface area contributed by atoms with Crippen molar-refractivity contribution >= 4 is 17.6 Å². The third-order valence-corrected chi connectivity index (χ3v) is 4.05. The molecule has 1 rings (SSSR count). The van der Waals surface area contributed by atoms with Gasteiger partial charge in [-0.1, -0.05) is 6.92 Å². The number of carbonyl (C=O) groups is 1. The fraction of sp³-hybridized carbons (Fsp3) is 0.923. The molecule has 12 heteroatoms. The first-order valence-corrected chi connectivity index (χ1v) is 8.27. The maximum absolute atomic E-state index is 12.0. The van der Waals surface area contributed by atoms with Crippen LogP contribution in [-0.4, -0.2) is 86.9 Å². The van der Waals surface area contributed by atoms with E-state index in [-0.39, 0.29) is 18.5 Å². The van der Waals surface area contributed by atoms with Crippen LogP contribution in [0.3, 0.4) is 0 Å². The van der Waals surface area contributed by atoms with Crippen LogP contribution in [-0.2, 0) is 9.47 Å². The van der Waals surface area contributed by atoms with Crippen LogP contribution < -0.4 is 5.32 Å². The first-order chi connectivity index (χ1) is 11.7. The summed E-state index contributed by atoms with van der Waals surface area (Å²) in [7, 11) is 0. The van der Waals surface area contributed by atoms with Gasteiger partial charge in [0.25, 0.3) is 0 Å². The number of aliphatic hydroxyl groups excluding tert-OH is 3. The molecule has 146 valence electrons. The quantitative estimate of drug-likeness (QED) is 0.151. The summed E-state index contributed by atoms with van der Waals surface area (Å²) in [5.74, 6) is -0.106. The number of ether oxygens (including phenoxy) is 2. The SMILES string of the molecule is CCC(C)O[C@H]1O[C@H](CO)[C@@H](O)[C@](O)(NC(=O)N(CCCl)N=O)[C@H]1O. The third kappa shape index (κ3) is 4.97. The molecule has 0 aromatic rings. The average molecular weight is 386 g/mol. The van der Waals surface area contributed by atoms with Crippen molar-refractivity contribution in [2.45, 2.75) is 56.7 Å². The summed E-state index contributed by atoms with van der Waals surface area (Å²) >= 11 is 5.44. The number of urea groups is 1. The number of alkyl halides is 1. The molecule has 0 aromatic carbocycles. The maximum Gasteiger partial charge on any atom is 0.342 e. The van der Waals surface area contributed by atoms with Crippen LogP contribution in [0.1, 0.15) is 20.3 Å². The third-order valence-electron chi connectivity index (χ3n) is 3.88. The number of halogens is 1. The van der Waals surface area contributed by atoms with Crippen molar-refractivity contribution < 1.29 is 34.7 Å². The topological polar surface area (TPSA) is 161 Å². The summed E-state index contributed by atoms with van der Waals surface area (Å²) in [6, 6.07) is -1.20. The molecule has 0 spiro atoms. The predicted molar refractivity (Wildman–Crippen MR) is 85.3 cm³/mol. The van der Waals surface area contributed by atoms with E-state index in [1.54, 1.807) is 6.92 Å². The van der Waals surface area contributed by atoms with E-state index < -0.39 is 43.0 Å². The molecule has 1 saturated heterocycles. The summed E-state index contributed by atoms with van der Waals surface area (Å²) in [5, 5.41) is 45.2. The standard InChI is InChI=1S/C13H24ClN3O8/c1-3-7(2)24-11-10(20)13(22,9(19)8(6-18)25-11)15-12(21)17(16-23)5-4-14/h7-11,18-20,22H,3-6H2,1-2H3,(H,15,21)/t7?,8-,9-,10+,11+,13-/m1/s1. The summed E-state index contributed by atoms with van der Waals surface area (Å²) in [6.45, 7) is 2.52. The molecule has 1 aliphatic heterocycles. The highest BCUT2D eigenvalue weighted by molar-refractivity contribution is 6.18. The normalized spacial score (nSPS) is 33.6. The fourth-order valence-corrected chi connectivity index (χ4v) is 2.36. The highest BCUT2D eigenvalue weighted by atomic mass is 35.5. The number of nitrogens with one attached hydrogen (secondary N) is 1. The molecule has 1 aliphatic rings. The lowest BCUT2D eigenvalue weighted by atomic mass is 9.92. The Kier molecular flexibility index (Phi) is 8.41. The van der Waals surface area contributed by atoms with Crippen LogP contribution in [0.2, 0.25) is 0 Å². The van der Waals surface area contributed by atoms with Gasteiger partial charge >= 0.3 is 6.03 Å². The van der Waals surface area contributed by atoms with Crippen molar-refractivity contribution in [3.8, 4) is 0 Å². The van der Waals surface area contributed by atoms with Crippen LogP contribution in [0.4, 0.5) is 4.79 Å². The molecule has 1 heterocycles. The van der Waals surface area contributed by atoms with Crippen molar-refractivity contribution in [1.29, 1.82) is 0 Å². The molecule has 0 bridgehead atoms. The molecule has 0 aromatic heterocycles. The second kappa shape index (κ2) is 9.57. The Morgan fingerprint density at radius 3 is 2.60 bits per heavy atom. The smallest absolute Gasteiger partial charge is 0.342 e. The number of nitroso groups, excluding NO2 is 1. The zero-order chi connectivity index (χ0) is 19.2. The molecular weight excluding hydrogens is 362 g/mol. The van der Waals surface area contributed by atoms with Crippen molar-refractivity contribution in [2.75, 3.05) is 19.0 Å². The molecule has 0 saturated carbocycles. The fourth-order valence-electron chi connectivity index (χ4n) is 2.20. The Hall–Kier alpha value is -1.08. The van der Waals surface area contributed by atoms with Gasteiger partial charge in [0, 0.05) is 5.88 Å². The molecule has 25 heavy (non-hydrogen) atoms. The lowest BCUT2D eigenvalue weighted by Crippen LogP contribution is -2.75. The second-order valence-corrected chi connectivity index (χ2v) is 6.00. The van der Waals surface area contributed by atoms with Crippen molar-refractivity contribution in [2.24, 2.45) is 5.29 Å². The number of nitrogens with zero attached hydrogens (tertiary/aromatic N) is 2. The molecule has 2 amide bonds. The number of hydrogen-bond donors (Lipinski definition) is 5. The van der Waals surface area contributed by atoms with Crippen molar-refractivity contribution in [3.63, 3.8) is 0 Å². The Morgan fingerprint density at radius 2 is 2.12 bits per heavy atom. The van der Waals surface area contributed by atoms with Gasteiger partial charge in [0.05, 0.1) is 24.5 Å². The second-order valence-electron chi connectivity index (χ2n) is 5.62. The number of amides is 2. The lowest BCUT2D eigenvalue weighted by molar-refractivity contribution is -0.343. The zero-order valence-corrected chi connectivity index (χ0v) is 14.7. The first kappa shape index (κ1) is 22.0. The molecule has 0 aliphatic carbocycles. The number of hydrogen-bond acceptors (Lipinski definition) is 9. The van der Waals surface area contributed by atoms with E-state index >= 15 is 0 Å². The van der Waals surface area contributed by atoms with Gasteiger partial charge in [-0.05, 0) is 13.3 Å². The van der Waals surface area contributed by atoms with Crippen molar-refractivity contribution in [3.05, 3.63) is 4.91 Å². The summed E-state index contributed by atoms with van der Waals surface area (Å²) in [5.41, 5.74) is -2.66. The monoisotopic (exact) mass is 385 g/mol. The van der Waals surface area contributed by atoms with Gasteiger partial charge < -0.3 is 35.2 Å². The molecule has 1 unspecified atom stereocenters. The van der Waals surface area contributed by atoms with Crippen LogP contribution in [0.15, 0.2) is 5.29 Å². The van der Waals surface area contributed by atoms with E-state index in [0.29, 0.717) is 11.4 Å². The van der Waals surface area contributed by atoms with E-state index in [2.05, 4.69) is 5.29 Å². The minimum atomic E-state index is -2.66. The van der Waals surface area contributed by atoms with Gasteiger partial charge in [-0.3, -0.25) is 0 Å². The Balaban J connectivity index is 3.03. The van der Waals surface area contributed by atoms with E-state index in [1.165, 1.54) is 0 Å². The Labute approximate surface area is 149 Å². The number of rotatable bonds is 8. The van der Waals surface area contributed by atoms with Gasteiger partial charge in [0.15, 0.2) is 18.1 Å². The zero-order valence-electron chi connectivity index (χ0n) is 13.9.